The average molecular weight is 414 g/mol. The fourth-order valence-electron chi connectivity index (χ4n) is 3.19. The van der Waals surface area contributed by atoms with Crippen LogP contribution in [0.1, 0.15) is 37.1 Å². The van der Waals surface area contributed by atoms with E-state index in [9.17, 15) is 0 Å². The largest absolute Gasteiger partial charge is 0.457 e. The minimum atomic E-state index is 0.168. The third-order valence-corrected chi connectivity index (χ3v) is 5.52. The molecule has 0 amide bonds. The molecule has 0 spiro atoms. The Kier molecular flexibility index (Phi) is 5.69. The lowest BCUT2D eigenvalue weighted by atomic mass is 10.0. The summed E-state index contributed by atoms with van der Waals surface area (Å²) in [6.07, 6.45) is 4.75. The smallest absolute Gasteiger partial charge is 0.149 e. The van der Waals surface area contributed by atoms with E-state index in [1.807, 2.05) is 43.3 Å². The van der Waals surface area contributed by atoms with Crippen molar-refractivity contribution in [1.29, 1.82) is 0 Å². The van der Waals surface area contributed by atoms with Crippen LogP contribution in [0.25, 0.3) is 0 Å². The van der Waals surface area contributed by atoms with Crippen LogP contribution >= 0.6 is 23.2 Å². The molecule has 144 valence electrons. The molecule has 28 heavy (non-hydrogen) atoms. The van der Waals surface area contributed by atoms with Crippen LogP contribution in [0.5, 0.6) is 11.5 Å². The Morgan fingerprint density at radius 2 is 1.64 bits per heavy atom. The Bertz CT molecular complexity index is 941. The van der Waals surface area contributed by atoms with Crippen molar-refractivity contribution in [3.63, 3.8) is 0 Å². The van der Waals surface area contributed by atoms with E-state index >= 15 is 0 Å². The van der Waals surface area contributed by atoms with Gasteiger partial charge in [-0.05, 0) is 67.1 Å². The highest BCUT2D eigenvalue weighted by atomic mass is 35.5. The quantitative estimate of drug-likeness (QED) is 0.467. The summed E-state index contributed by atoms with van der Waals surface area (Å²) in [5.74, 6) is 2.83. The number of anilines is 1. The SMILES string of the molecule is CCc1ncnc(NC(c2ccc(Oc3ccc(Cl)cc3)cc2)C2CC2)c1Cl. The molecule has 1 aromatic heterocycles. The monoisotopic (exact) mass is 413 g/mol. The van der Waals surface area contributed by atoms with Crippen molar-refractivity contribution in [2.24, 2.45) is 5.92 Å². The van der Waals surface area contributed by atoms with Crippen LogP contribution in [0.2, 0.25) is 10.0 Å². The third kappa shape index (κ3) is 4.40. The molecule has 0 bridgehead atoms. The van der Waals surface area contributed by atoms with Gasteiger partial charge in [-0.15, -0.1) is 0 Å². The molecule has 1 heterocycles. The van der Waals surface area contributed by atoms with Crippen molar-refractivity contribution in [3.05, 3.63) is 76.2 Å². The molecule has 0 aliphatic heterocycles. The third-order valence-electron chi connectivity index (χ3n) is 4.87. The summed E-state index contributed by atoms with van der Waals surface area (Å²) in [6.45, 7) is 2.04. The Labute approximate surface area is 174 Å². The predicted octanol–water partition coefficient (Wildman–Crippen LogP) is 6.70. The number of nitrogens with zero attached hydrogens (tertiary/aromatic N) is 2. The second kappa shape index (κ2) is 8.38. The predicted molar refractivity (Wildman–Crippen MR) is 113 cm³/mol. The van der Waals surface area contributed by atoms with Crippen molar-refractivity contribution in [1.82, 2.24) is 9.97 Å². The van der Waals surface area contributed by atoms with Crippen LogP contribution in [0, 0.1) is 5.92 Å². The highest BCUT2D eigenvalue weighted by molar-refractivity contribution is 6.33. The lowest BCUT2D eigenvalue weighted by Gasteiger charge is -2.21. The zero-order valence-electron chi connectivity index (χ0n) is 15.5. The molecule has 4 rings (SSSR count). The normalized spacial score (nSPS) is 14.5. The summed E-state index contributed by atoms with van der Waals surface area (Å²) < 4.78 is 5.89. The molecule has 0 radical (unpaired) electrons. The first-order chi connectivity index (χ1) is 13.6. The number of halogens is 2. The molecule has 2 aromatic carbocycles. The highest BCUT2D eigenvalue weighted by Gasteiger charge is 2.33. The molecule has 0 saturated heterocycles. The summed E-state index contributed by atoms with van der Waals surface area (Å²) in [7, 11) is 0. The number of nitrogens with one attached hydrogen (secondary N) is 1. The van der Waals surface area contributed by atoms with Gasteiger partial charge in [-0.3, -0.25) is 0 Å². The van der Waals surface area contributed by atoms with Crippen molar-refractivity contribution in [3.8, 4) is 11.5 Å². The Morgan fingerprint density at radius 3 is 2.25 bits per heavy atom. The van der Waals surface area contributed by atoms with E-state index in [1.165, 1.54) is 18.4 Å². The number of rotatable bonds is 7. The standard InChI is InChI=1S/C22H21Cl2N3O/c1-2-19-20(24)22(26-13-25-19)27-21(14-3-4-14)15-5-9-17(10-6-15)28-18-11-7-16(23)8-12-18/h5-14,21H,2-4H2,1H3,(H,25,26,27). The Morgan fingerprint density at radius 1 is 1.00 bits per heavy atom. The maximum atomic E-state index is 6.48. The van der Waals surface area contributed by atoms with Gasteiger partial charge in [0.1, 0.15) is 28.7 Å². The van der Waals surface area contributed by atoms with E-state index < -0.39 is 0 Å². The average Bonchev–Trinajstić information content (AvgIpc) is 3.55. The molecular formula is C22H21Cl2N3O. The van der Waals surface area contributed by atoms with E-state index in [4.69, 9.17) is 27.9 Å². The topological polar surface area (TPSA) is 47.0 Å². The van der Waals surface area contributed by atoms with Gasteiger partial charge in [0.2, 0.25) is 0 Å². The minimum Gasteiger partial charge on any atom is -0.457 e. The van der Waals surface area contributed by atoms with Crippen LogP contribution in [-0.4, -0.2) is 9.97 Å². The molecule has 1 saturated carbocycles. The summed E-state index contributed by atoms with van der Waals surface area (Å²) in [4.78, 5) is 8.60. The molecule has 1 aliphatic carbocycles. The first-order valence-electron chi connectivity index (χ1n) is 9.43. The van der Waals surface area contributed by atoms with Gasteiger partial charge >= 0.3 is 0 Å². The first kappa shape index (κ1) is 19.0. The summed E-state index contributed by atoms with van der Waals surface area (Å²) in [5, 5.41) is 4.84. The van der Waals surface area contributed by atoms with Crippen molar-refractivity contribution in [2.75, 3.05) is 5.32 Å². The second-order valence-corrected chi connectivity index (χ2v) is 7.74. The zero-order chi connectivity index (χ0) is 19.5. The molecule has 1 aliphatic rings. The van der Waals surface area contributed by atoms with Crippen molar-refractivity contribution >= 4 is 29.0 Å². The van der Waals surface area contributed by atoms with Gasteiger partial charge in [0.25, 0.3) is 0 Å². The van der Waals surface area contributed by atoms with Crippen LogP contribution in [0.15, 0.2) is 54.9 Å². The van der Waals surface area contributed by atoms with E-state index in [2.05, 4.69) is 27.4 Å². The molecule has 4 nitrogen and oxygen atoms in total. The molecule has 1 fully saturated rings. The Hall–Kier alpha value is -2.30. The molecular weight excluding hydrogens is 393 g/mol. The number of hydrogen-bond acceptors (Lipinski definition) is 4. The van der Waals surface area contributed by atoms with Gasteiger partial charge in [-0.2, -0.15) is 0 Å². The van der Waals surface area contributed by atoms with Gasteiger partial charge < -0.3 is 10.1 Å². The summed E-state index contributed by atoms with van der Waals surface area (Å²) >= 11 is 12.4. The molecule has 1 atom stereocenters. The van der Waals surface area contributed by atoms with Crippen LogP contribution in [0.4, 0.5) is 5.82 Å². The lowest BCUT2D eigenvalue weighted by Crippen LogP contribution is -2.15. The van der Waals surface area contributed by atoms with Crippen LogP contribution in [-0.2, 0) is 6.42 Å². The molecule has 1 N–H and O–H groups in total. The number of benzene rings is 2. The van der Waals surface area contributed by atoms with Crippen molar-refractivity contribution in [2.45, 2.75) is 32.2 Å². The summed E-state index contributed by atoms with van der Waals surface area (Å²) in [6, 6.07) is 15.7. The van der Waals surface area contributed by atoms with E-state index in [0.29, 0.717) is 21.8 Å². The molecule has 3 aromatic rings. The van der Waals surface area contributed by atoms with Crippen LogP contribution < -0.4 is 10.1 Å². The molecule has 6 heteroatoms. The zero-order valence-corrected chi connectivity index (χ0v) is 17.0. The van der Waals surface area contributed by atoms with Crippen molar-refractivity contribution < 1.29 is 4.74 Å². The van der Waals surface area contributed by atoms with E-state index in [0.717, 1.165) is 23.6 Å². The van der Waals surface area contributed by atoms with E-state index in [1.54, 1.807) is 6.33 Å². The number of hydrogen-bond donors (Lipinski definition) is 1. The van der Waals surface area contributed by atoms with Gasteiger partial charge in [0, 0.05) is 5.02 Å². The van der Waals surface area contributed by atoms with Gasteiger partial charge in [0.05, 0.1) is 11.7 Å². The molecule has 1 unspecified atom stereocenters. The number of aryl methyl sites for hydroxylation is 1. The van der Waals surface area contributed by atoms with Gasteiger partial charge in [0.15, 0.2) is 0 Å². The fourth-order valence-corrected chi connectivity index (χ4v) is 3.60. The van der Waals surface area contributed by atoms with Gasteiger partial charge in [-0.25, -0.2) is 9.97 Å². The first-order valence-corrected chi connectivity index (χ1v) is 10.2. The number of aromatic nitrogens is 2. The number of ether oxygens (including phenoxy) is 1. The van der Waals surface area contributed by atoms with Crippen LogP contribution in [0.3, 0.4) is 0 Å². The lowest BCUT2D eigenvalue weighted by molar-refractivity contribution is 0.482. The Balaban J connectivity index is 1.51. The highest BCUT2D eigenvalue weighted by Crippen LogP contribution is 2.44. The van der Waals surface area contributed by atoms with E-state index in [-0.39, 0.29) is 6.04 Å². The second-order valence-electron chi connectivity index (χ2n) is 6.92. The summed E-state index contributed by atoms with van der Waals surface area (Å²) in [5.41, 5.74) is 2.05. The van der Waals surface area contributed by atoms with Gasteiger partial charge in [-0.1, -0.05) is 42.3 Å². The maximum absolute atomic E-state index is 6.48. The minimum absolute atomic E-state index is 0.168. The maximum Gasteiger partial charge on any atom is 0.149 e. The fraction of sp³-hybridized carbons (Fsp3) is 0.273.